The van der Waals surface area contributed by atoms with E-state index in [4.69, 9.17) is 20.4 Å². The maximum Gasteiger partial charge on any atom is 0.408 e. The molecule has 384 valence electrons. The van der Waals surface area contributed by atoms with Gasteiger partial charge in [-0.15, -0.1) is 22.7 Å². The van der Waals surface area contributed by atoms with Gasteiger partial charge in [0, 0.05) is 39.2 Å². The lowest BCUT2D eigenvalue weighted by molar-refractivity contribution is -0.141. The Morgan fingerprint density at radius 3 is 1.75 bits per heavy atom. The topological polar surface area (TPSA) is 200 Å². The fourth-order valence-electron chi connectivity index (χ4n) is 10.4. The van der Waals surface area contributed by atoms with Crippen LogP contribution >= 0.6 is 22.7 Å². The molecule has 7 N–H and O–H groups in total. The van der Waals surface area contributed by atoms with E-state index in [2.05, 4.69) is 16.0 Å². The summed E-state index contributed by atoms with van der Waals surface area (Å²) in [6.45, 7) is 6.93. The van der Waals surface area contributed by atoms with Gasteiger partial charge >= 0.3 is 12.1 Å². The monoisotopic (exact) mass is 1020 g/mol. The highest BCUT2D eigenvalue weighted by molar-refractivity contribution is 7.10. The Bertz CT molecular complexity index is 2810. The number of hydrogen-bond donors (Lipinski definition) is 6. The summed E-state index contributed by atoms with van der Waals surface area (Å²) in [5.74, 6) is -1.51. The number of likely N-dealkylation sites (tertiary alicyclic amines) is 1. The number of nitrogens with zero attached hydrogens (tertiary/aromatic N) is 3. The average molecular weight is 1030 g/mol. The SMILES string of the molecule is CC(C)(C)OC(=O)N[C@H](C(=O)O)C1CCC(O)CC1.Fc1ccc(-c2csc([C@@H]3CCCN3)n2)c2ccccc12.N[C@H](C(=O)N1CCC[C@H]1c1nc(-c2ccc(F)c3ccccc23)cs1)C1CCC(O)CC1. The van der Waals surface area contributed by atoms with Gasteiger partial charge in [0.1, 0.15) is 33.3 Å². The van der Waals surface area contributed by atoms with E-state index in [0.29, 0.717) is 49.0 Å². The Morgan fingerprint density at radius 1 is 0.722 bits per heavy atom. The van der Waals surface area contributed by atoms with Crippen LogP contribution in [-0.2, 0) is 14.3 Å². The van der Waals surface area contributed by atoms with Crippen LogP contribution in [0.4, 0.5) is 13.6 Å². The van der Waals surface area contributed by atoms with Crippen LogP contribution in [0.3, 0.4) is 0 Å². The third-order valence-electron chi connectivity index (χ3n) is 14.2. The van der Waals surface area contributed by atoms with E-state index >= 15 is 0 Å². The molecule has 2 aliphatic heterocycles. The Labute approximate surface area is 427 Å². The summed E-state index contributed by atoms with van der Waals surface area (Å²) < 4.78 is 33.2. The summed E-state index contributed by atoms with van der Waals surface area (Å²) >= 11 is 3.24. The van der Waals surface area contributed by atoms with Crippen LogP contribution in [0.25, 0.3) is 44.1 Å². The standard InChI is InChI=1S/C25H28FN3O2S.C17H15FN2S.C13H23NO5/c26-20-12-11-19(17-4-1-2-5-18(17)20)21-14-32-24(28-21)22-6-3-13-29(22)25(31)23(27)15-7-9-16(30)10-8-15;18-14-8-7-13(11-4-1-2-5-12(11)14)16-10-21-17(20-16)15-6-3-9-19-15;1-13(2,3)19-12(18)14-10(11(16)17)8-4-6-9(15)7-5-8/h1-2,4-5,11-12,14-16,22-23,30H,3,6-10,13,27H2;1-2,4-5,7-8,10,15,19H,3,6,9H2;8-10,15H,4-7H2,1-3H3,(H,14,18)(H,16,17)/t15?,16?,22-,23-;15-;8?,9?,10-/m000/s1. The minimum Gasteiger partial charge on any atom is -0.480 e. The first-order valence-corrected chi connectivity index (χ1v) is 26.9. The van der Waals surface area contributed by atoms with Crippen LogP contribution in [0, 0.1) is 23.5 Å². The van der Waals surface area contributed by atoms with E-state index in [9.17, 15) is 38.5 Å². The maximum atomic E-state index is 14.2. The number of aliphatic hydroxyl groups is 2. The lowest BCUT2D eigenvalue weighted by Crippen LogP contribution is -2.48. The summed E-state index contributed by atoms with van der Waals surface area (Å²) in [5.41, 5.74) is 9.41. The first kappa shape index (κ1) is 52.9. The number of fused-ring (bicyclic) bond motifs is 2. The van der Waals surface area contributed by atoms with Gasteiger partial charge in [0.05, 0.1) is 41.7 Å². The van der Waals surface area contributed by atoms with Gasteiger partial charge in [0.25, 0.3) is 0 Å². The minimum absolute atomic E-state index is 0.00197. The van der Waals surface area contributed by atoms with E-state index in [-0.39, 0.29) is 47.6 Å². The predicted octanol–water partition coefficient (Wildman–Crippen LogP) is 10.7. The molecule has 2 amide bonds. The van der Waals surface area contributed by atoms with Crippen molar-refractivity contribution in [1.29, 1.82) is 0 Å². The third-order valence-corrected chi connectivity index (χ3v) is 16.1. The molecule has 4 heterocycles. The van der Waals surface area contributed by atoms with Crippen molar-refractivity contribution in [3.05, 3.63) is 105 Å². The number of aliphatic carboxylic acids is 1. The predicted molar refractivity (Wildman–Crippen MR) is 278 cm³/mol. The molecule has 13 nitrogen and oxygen atoms in total. The van der Waals surface area contributed by atoms with Crippen molar-refractivity contribution >= 4 is 62.2 Å². The zero-order valence-corrected chi connectivity index (χ0v) is 42.7. The number of carbonyl (C=O) groups is 3. The van der Waals surface area contributed by atoms with Crippen molar-refractivity contribution in [2.24, 2.45) is 17.6 Å². The highest BCUT2D eigenvalue weighted by atomic mass is 32.1. The van der Waals surface area contributed by atoms with Gasteiger partial charge in [-0.25, -0.2) is 28.3 Å². The Balaban J connectivity index is 0.000000152. The average Bonchev–Trinajstić information content (AvgIpc) is 4.23. The molecule has 17 heteroatoms. The number of rotatable bonds is 9. The molecule has 6 aromatic rings. The number of carboxylic acid groups (broad SMARTS) is 1. The number of halogens is 2. The lowest BCUT2D eigenvalue weighted by Gasteiger charge is -2.33. The Hall–Kier alpha value is -5.43. The van der Waals surface area contributed by atoms with Crippen molar-refractivity contribution in [2.45, 2.75) is 140 Å². The quantitative estimate of drug-likeness (QED) is 0.0805. The fourth-order valence-corrected chi connectivity index (χ4v) is 12.3. The number of thiazole rings is 2. The number of benzene rings is 4. The minimum atomic E-state index is -1.06. The summed E-state index contributed by atoms with van der Waals surface area (Å²) in [6, 6.07) is 20.5. The molecule has 0 unspecified atom stereocenters. The highest BCUT2D eigenvalue weighted by Crippen LogP contribution is 2.39. The smallest absolute Gasteiger partial charge is 0.408 e. The van der Waals surface area contributed by atoms with Crippen LogP contribution in [0.15, 0.2) is 83.6 Å². The molecular formula is C55H66F2N6O7S2. The fraction of sp³-hybridized carbons (Fsp3) is 0.473. The Morgan fingerprint density at radius 2 is 1.24 bits per heavy atom. The zero-order chi connectivity index (χ0) is 51.1. The molecule has 4 fully saturated rings. The zero-order valence-electron chi connectivity index (χ0n) is 41.1. The number of hydrogen-bond acceptors (Lipinski definition) is 12. The number of aliphatic hydroxyl groups excluding tert-OH is 2. The van der Waals surface area contributed by atoms with Crippen LogP contribution < -0.4 is 16.4 Å². The van der Waals surface area contributed by atoms with Gasteiger partial charge in [-0.2, -0.15) is 0 Å². The van der Waals surface area contributed by atoms with E-state index in [0.717, 1.165) is 94.8 Å². The molecule has 2 aromatic heterocycles. The number of carboxylic acids is 1. The largest absolute Gasteiger partial charge is 0.480 e. The molecule has 72 heavy (non-hydrogen) atoms. The second kappa shape index (κ2) is 23.6. The third kappa shape index (κ3) is 12.8. The number of aromatic nitrogens is 2. The molecule has 4 aromatic carbocycles. The number of amides is 2. The molecule has 10 rings (SSSR count). The number of nitrogens with one attached hydrogen (secondary N) is 2. The first-order valence-electron chi connectivity index (χ1n) is 25.2. The molecular weight excluding hydrogens is 959 g/mol. The summed E-state index contributed by atoms with van der Waals surface area (Å²) in [4.78, 5) is 47.7. The molecule has 2 saturated heterocycles. The highest BCUT2D eigenvalue weighted by Gasteiger charge is 2.38. The normalized spacial score (nSPS) is 23.1. The maximum absolute atomic E-state index is 14.2. The summed E-state index contributed by atoms with van der Waals surface area (Å²) in [6.07, 6.45) is 8.19. The van der Waals surface area contributed by atoms with Crippen LogP contribution in [0.2, 0.25) is 0 Å². The molecule has 0 radical (unpaired) electrons. The second-order valence-electron chi connectivity index (χ2n) is 20.4. The van der Waals surface area contributed by atoms with E-state index in [1.54, 1.807) is 55.6 Å². The molecule has 0 spiro atoms. The summed E-state index contributed by atoms with van der Waals surface area (Å²) in [7, 11) is 0. The van der Waals surface area contributed by atoms with Crippen LogP contribution in [0.5, 0.6) is 0 Å². The molecule has 2 aliphatic carbocycles. The van der Waals surface area contributed by atoms with Crippen molar-refractivity contribution in [3.8, 4) is 22.5 Å². The molecule has 2 saturated carbocycles. The van der Waals surface area contributed by atoms with Crippen LogP contribution in [0.1, 0.15) is 120 Å². The first-order chi connectivity index (χ1) is 34.5. The summed E-state index contributed by atoms with van der Waals surface area (Å²) in [5, 5.41) is 43.4. The molecule has 0 bridgehead atoms. The van der Waals surface area contributed by atoms with Crippen molar-refractivity contribution in [1.82, 2.24) is 25.5 Å². The molecule has 4 aliphatic rings. The second-order valence-corrected chi connectivity index (χ2v) is 22.2. The van der Waals surface area contributed by atoms with Gasteiger partial charge in [-0.1, -0.05) is 48.5 Å². The van der Waals surface area contributed by atoms with Crippen molar-refractivity contribution in [2.75, 3.05) is 13.1 Å². The van der Waals surface area contributed by atoms with Crippen LogP contribution in [-0.4, -0.2) is 91.1 Å². The number of nitrogens with two attached hydrogens (primary N) is 1. The van der Waals surface area contributed by atoms with E-state index in [1.807, 2.05) is 58.8 Å². The lowest BCUT2D eigenvalue weighted by atomic mass is 9.82. The number of carbonyl (C=O) groups excluding carboxylic acids is 2. The van der Waals surface area contributed by atoms with Gasteiger partial charge in [0.2, 0.25) is 5.91 Å². The van der Waals surface area contributed by atoms with Gasteiger partial charge in [-0.05, 0) is 151 Å². The van der Waals surface area contributed by atoms with E-state index < -0.39 is 29.7 Å². The van der Waals surface area contributed by atoms with Crippen molar-refractivity contribution in [3.63, 3.8) is 0 Å². The number of ether oxygens (including phenoxy) is 1. The van der Waals surface area contributed by atoms with Gasteiger partial charge in [-0.3, -0.25) is 4.79 Å². The van der Waals surface area contributed by atoms with Gasteiger partial charge in [0.15, 0.2) is 0 Å². The van der Waals surface area contributed by atoms with Gasteiger partial charge < -0.3 is 41.3 Å². The number of alkyl carbamates (subject to hydrolysis) is 1. The Kier molecular flexibility index (Phi) is 17.4. The van der Waals surface area contributed by atoms with Crippen molar-refractivity contribution < 1.29 is 43.2 Å². The van der Waals surface area contributed by atoms with E-state index in [1.165, 1.54) is 18.6 Å². The molecule has 4 atom stereocenters.